The number of halogens is 1. The minimum atomic E-state index is 0. The lowest BCUT2D eigenvalue weighted by molar-refractivity contribution is 0.459. The maximum absolute atomic E-state index is 4.63. The Labute approximate surface area is 182 Å². The molecule has 0 aromatic carbocycles. The molecule has 2 N–H and O–H groups in total. The molecule has 0 amide bonds. The molecule has 3 rings (SSSR count). The van der Waals surface area contributed by atoms with Crippen molar-refractivity contribution >= 4 is 47.1 Å². The van der Waals surface area contributed by atoms with E-state index in [2.05, 4.69) is 49.6 Å². The number of nitrogens with one attached hydrogen (secondary N) is 2. The number of thiazole rings is 1. The van der Waals surface area contributed by atoms with Crippen LogP contribution in [0.1, 0.15) is 35.3 Å². The lowest BCUT2D eigenvalue weighted by Crippen LogP contribution is -2.48. The molecular weight excluding hydrogens is 471 g/mol. The SMILES string of the molecule is CCc1cnc(CNC(=NC)NC2CCN(c3cccc(C)n3)CC2)s1.I. The van der Waals surface area contributed by atoms with Crippen LogP contribution in [-0.4, -0.2) is 42.1 Å². The second-order valence-corrected chi connectivity index (χ2v) is 7.74. The minimum Gasteiger partial charge on any atom is -0.356 e. The van der Waals surface area contributed by atoms with Crippen LogP contribution in [0.2, 0.25) is 0 Å². The van der Waals surface area contributed by atoms with Gasteiger partial charge in [-0.1, -0.05) is 13.0 Å². The molecule has 0 aliphatic carbocycles. The summed E-state index contributed by atoms with van der Waals surface area (Å²) in [4.78, 5) is 17.1. The van der Waals surface area contributed by atoms with E-state index in [0.29, 0.717) is 6.04 Å². The van der Waals surface area contributed by atoms with Gasteiger partial charge in [0.15, 0.2) is 5.96 Å². The van der Waals surface area contributed by atoms with Crippen LogP contribution < -0.4 is 15.5 Å². The van der Waals surface area contributed by atoms with Gasteiger partial charge in [-0.3, -0.25) is 4.99 Å². The highest BCUT2D eigenvalue weighted by molar-refractivity contribution is 14.0. The molecule has 0 radical (unpaired) electrons. The van der Waals surface area contributed by atoms with Crippen molar-refractivity contribution in [2.75, 3.05) is 25.0 Å². The number of aryl methyl sites for hydroxylation is 2. The highest BCUT2D eigenvalue weighted by Crippen LogP contribution is 2.18. The second-order valence-electron chi connectivity index (χ2n) is 6.54. The lowest BCUT2D eigenvalue weighted by atomic mass is 10.1. The Morgan fingerprint density at radius 1 is 1.33 bits per heavy atom. The number of hydrogen-bond acceptors (Lipinski definition) is 5. The largest absolute Gasteiger partial charge is 0.356 e. The van der Waals surface area contributed by atoms with E-state index in [0.717, 1.165) is 61.4 Å². The van der Waals surface area contributed by atoms with Crippen LogP contribution in [0.3, 0.4) is 0 Å². The highest BCUT2D eigenvalue weighted by atomic mass is 127. The smallest absolute Gasteiger partial charge is 0.191 e. The van der Waals surface area contributed by atoms with Crippen molar-refractivity contribution in [1.29, 1.82) is 0 Å². The third kappa shape index (κ3) is 6.31. The van der Waals surface area contributed by atoms with Crippen LogP contribution in [0.25, 0.3) is 0 Å². The van der Waals surface area contributed by atoms with E-state index < -0.39 is 0 Å². The van der Waals surface area contributed by atoms with E-state index in [1.165, 1.54) is 4.88 Å². The summed E-state index contributed by atoms with van der Waals surface area (Å²) >= 11 is 1.76. The Bertz CT molecular complexity index is 739. The van der Waals surface area contributed by atoms with Crippen molar-refractivity contribution in [3.8, 4) is 0 Å². The van der Waals surface area contributed by atoms with Crippen LogP contribution in [-0.2, 0) is 13.0 Å². The molecule has 8 heteroatoms. The quantitative estimate of drug-likeness (QED) is 0.375. The zero-order valence-electron chi connectivity index (χ0n) is 16.2. The maximum atomic E-state index is 4.63. The predicted octanol–water partition coefficient (Wildman–Crippen LogP) is 3.36. The number of nitrogens with zero attached hydrogens (tertiary/aromatic N) is 4. The van der Waals surface area contributed by atoms with Crippen LogP contribution >= 0.6 is 35.3 Å². The van der Waals surface area contributed by atoms with Gasteiger partial charge in [0.1, 0.15) is 10.8 Å². The summed E-state index contributed by atoms with van der Waals surface area (Å²) in [5.41, 5.74) is 1.07. The zero-order chi connectivity index (χ0) is 18.4. The maximum Gasteiger partial charge on any atom is 0.191 e. The standard InChI is InChI=1S/C19H28N6S.HI/c1-4-16-12-21-18(26-16)13-22-19(20-3)24-15-8-10-25(11-9-15)17-7-5-6-14(2)23-17;/h5-7,12,15H,4,8-11,13H2,1-3H3,(H2,20,22,24);1H. The van der Waals surface area contributed by atoms with Crippen molar-refractivity contribution in [2.24, 2.45) is 4.99 Å². The summed E-state index contributed by atoms with van der Waals surface area (Å²) in [5.74, 6) is 1.94. The molecule has 1 aliphatic heterocycles. The third-order valence-electron chi connectivity index (χ3n) is 4.61. The summed E-state index contributed by atoms with van der Waals surface area (Å²) < 4.78 is 0. The van der Waals surface area contributed by atoms with Gasteiger partial charge in [-0.15, -0.1) is 35.3 Å². The number of aromatic nitrogens is 2. The first-order valence-corrected chi connectivity index (χ1v) is 10.1. The molecular formula is C19H29IN6S. The number of guanidine groups is 1. The Kier molecular flexibility index (Phi) is 8.75. The van der Waals surface area contributed by atoms with Gasteiger partial charge in [-0.25, -0.2) is 9.97 Å². The van der Waals surface area contributed by atoms with E-state index in [9.17, 15) is 0 Å². The Hall–Kier alpha value is -1.42. The Morgan fingerprint density at radius 2 is 2.11 bits per heavy atom. The number of anilines is 1. The van der Waals surface area contributed by atoms with Gasteiger partial charge in [-0.2, -0.15) is 0 Å². The van der Waals surface area contributed by atoms with Gasteiger partial charge in [0.25, 0.3) is 0 Å². The van der Waals surface area contributed by atoms with Crippen LogP contribution in [0.15, 0.2) is 29.4 Å². The molecule has 3 heterocycles. The van der Waals surface area contributed by atoms with Gasteiger partial charge in [-0.05, 0) is 38.3 Å². The lowest BCUT2D eigenvalue weighted by Gasteiger charge is -2.33. The van der Waals surface area contributed by atoms with Crippen molar-refractivity contribution < 1.29 is 0 Å². The van der Waals surface area contributed by atoms with Gasteiger partial charge >= 0.3 is 0 Å². The molecule has 27 heavy (non-hydrogen) atoms. The molecule has 2 aromatic rings. The molecule has 2 aromatic heterocycles. The van der Waals surface area contributed by atoms with E-state index in [-0.39, 0.29) is 24.0 Å². The first kappa shape index (κ1) is 21.9. The molecule has 0 atom stereocenters. The summed E-state index contributed by atoms with van der Waals surface area (Å²) in [6.45, 7) is 6.94. The summed E-state index contributed by atoms with van der Waals surface area (Å²) in [7, 11) is 1.82. The summed E-state index contributed by atoms with van der Waals surface area (Å²) in [6.07, 6.45) is 5.16. The van der Waals surface area contributed by atoms with Crippen molar-refractivity contribution in [1.82, 2.24) is 20.6 Å². The number of piperidine rings is 1. The Morgan fingerprint density at radius 3 is 2.74 bits per heavy atom. The summed E-state index contributed by atoms with van der Waals surface area (Å²) in [5, 5.41) is 8.03. The van der Waals surface area contributed by atoms with Gasteiger partial charge in [0, 0.05) is 42.9 Å². The highest BCUT2D eigenvalue weighted by Gasteiger charge is 2.21. The first-order valence-electron chi connectivity index (χ1n) is 9.27. The normalized spacial score (nSPS) is 15.4. The molecule has 0 bridgehead atoms. The number of rotatable bonds is 5. The Balaban J connectivity index is 0.00000261. The van der Waals surface area contributed by atoms with Gasteiger partial charge in [0.2, 0.25) is 0 Å². The van der Waals surface area contributed by atoms with E-state index in [1.54, 1.807) is 11.3 Å². The summed E-state index contributed by atoms with van der Waals surface area (Å²) in [6, 6.07) is 6.65. The van der Waals surface area contributed by atoms with E-state index >= 15 is 0 Å². The molecule has 0 spiro atoms. The van der Waals surface area contributed by atoms with E-state index in [4.69, 9.17) is 0 Å². The van der Waals surface area contributed by atoms with Crippen LogP contribution in [0.4, 0.5) is 5.82 Å². The fraction of sp³-hybridized carbons (Fsp3) is 0.526. The average Bonchev–Trinajstić information content (AvgIpc) is 3.14. The number of hydrogen-bond donors (Lipinski definition) is 2. The van der Waals surface area contributed by atoms with Crippen molar-refractivity contribution in [2.45, 2.75) is 45.7 Å². The molecule has 1 aliphatic rings. The van der Waals surface area contributed by atoms with Crippen LogP contribution in [0.5, 0.6) is 0 Å². The van der Waals surface area contributed by atoms with Gasteiger partial charge in [0.05, 0.1) is 6.54 Å². The predicted molar refractivity (Wildman–Crippen MR) is 124 cm³/mol. The van der Waals surface area contributed by atoms with Gasteiger partial charge < -0.3 is 15.5 Å². The number of pyridine rings is 1. The first-order chi connectivity index (χ1) is 12.7. The molecule has 0 saturated carbocycles. The van der Waals surface area contributed by atoms with E-state index in [1.807, 2.05) is 26.2 Å². The average molecular weight is 500 g/mol. The number of aliphatic imine (C=N–C) groups is 1. The van der Waals surface area contributed by atoms with Crippen LogP contribution in [0, 0.1) is 6.92 Å². The molecule has 1 fully saturated rings. The zero-order valence-corrected chi connectivity index (χ0v) is 19.4. The monoisotopic (exact) mass is 500 g/mol. The molecule has 6 nitrogen and oxygen atoms in total. The fourth-order valence-corrected chi connectivity index (χ4v) is 3.90. The topological polar surface area (TPSA) is 65.4 Å². The molecule has 0 unspecified atom stereocenters. The second kappa shape index (κ2) is 10.8. The minimum absolute atomic E-state index is 0. The molecule has 1 saturated heterocycles. The molecule has 148 valence electrons. The van der Waals surface area contributed by atoms with Crippen molar-refractivity contribution in [3.05, 3.63) is 40.0 Å². The van der Waals surface area contributed by atoms with Crippen molar-refractivity contribution in [3.63, 3.8) is 0 Å². The fourth-order valence-electron chi connectivity index (χ4n) is 3.10. The third-order valence-corrected chi connectivity index (χ3v) is 5.76.